The number of hydrogen-bond donors (Lipinski definition) is 1. The minimum absolute atomic E-state index is 0.193. The maximum Gasteiger partial charge on any atom is 0.122 e. The lowest BCUT2D eigenvalue weighted by atomic mass is 10.2. The van der Waals surface area contributed by atoms with Crippen molar-refractivity contribution in [2.45, 2.75) is 13.0 Å². The normalized spacial score (nSPS) is 13.8. The molecule has 68 valence electrons. The minimum atomic E-state index is 0.193. The molecule has 12 heavy (non-hydrogen) atoms. The Hall–Kier alpha value is -0.800. The summed E-state index contributed by atoms with van der Waals surface area (Å²) < 4.78 is 5.48. The topological polar surface area (TPSA) is 42.4 Å². The fraction of sp³-hybridized carbons (Fsp3) is 0.556. The lowest BCUT2D eigenvalue weighted by Crippen LogP contribution is -2.26. The highest BCUT2D eigenvalue weighted by atomic mass is 16.3. The second-order valence-electron chi connectivity index (χ2n) is 3.16. The Morgan fingerprint density at radius 1 is 1.50 bits per heavy atom. The summed E-state index contributed by atoms with van der Waals surface area (Å²) in [5.41, 5.74) is 5.61. The lowest BCUT2D eigenvalue weighted by molar-refractivity contribution is 0.261. The zero-order chi connectivity index (χ0) is 9.14. The Balaban J connectivity index is 2.80. The predicted molar refractivity (Wildman–Crippen MR) is 48.9 cm³/mol. The standard InChI is InChI=1S/C9H16N2O/c1-7-4-5-9(12-7)8(6-10)11(2)3/h4-5,8H,6,10H2,1-3H3/t8-/m0/s1. The summed E-state index contributed by atoms with van der Waals surface area (Å²) in [4.78, 5) is 2.05. The van der Waals surface area contributed by atoms with Crippen LogP contribution in [-0.4, -0.2) is 25.5 Å². The van der Waals surface area contributed by atoms with Crippen molar-refractivity contribution >= 4 is 0 Å². The molecule has 0 aromatic carbocycles. The Bertz CT molecular complexity index is 242. The van der Waals surface area contributed by atoms with Gasteiger partial charge < -0.3 is 10.2 Å². The molecule has 0 saturated heterocycles. The van der Waals surface area contributed by atoms with Crippen LogP contribution < -0.4 is 5.73 Å². The third-order valence-electron chi connectivity index (χ3n) is 1.94. The molecule has 0 bridgehead atoms. The van der Waals surface area contributed by atoms with Crippen molar-refractivity contribution in [3.63, 3.8) is 0 Å². The van der Waals surface area contributed by atoms with Gasteiger partial charge in [-0.1, -0.05) is 0 Å². The van der Waals surface area contributed by atoms with Gasteiger partial charge >= 0.3 is 0 Å². The van der Waals surface area contributed by atoms with Crippen molar-refractivity contribution < 1.29 is 4.42 Å². The summed E-state index contributed by atoms with van der Waals surface area (Å²) in [6, 6.07) is 4.13. The van der Waals surface area contributed by atoms with Gasteiger partial charge in [-0.15, -0.1) is 0 Å². The van der Waals surface area contributed by atoms with E-state index >= 15 is 0 Å². The van der Waals surface area contributed by atoms with Gasteiger partial charge in [0, 0.05) is 6.54 Å². The van der Waals surface area contributed by atoms with Crippen molar-refractivity contribution in [3.8, 4) is 0 Å². The van der Waals surface area contributed by atoms with Crippen LogP contribution in [0.15, 0.2) is 16.5 Å². The van der Waals surface area contributed by atoms with Crippen LogP contribution in [0.25, 0.3) is 0 Å². The number of hydrogen-bond acceptors (Lipinski definition) is 3. The van der Waals surface area contributed by atoms with Crippen LogP contribution in [-0.2, 0) is 0 Å². The lowest BCUT2D eigenvalue weighted by Gasteiger charge is -2.19. The van der Waals surface area contributed by atoms with Crippen LogP contribution in [0, 0.1) is 6.92 Å². The highest BCUT2D eigenvalue weighted by Gasteiger charge is 2.14. The van der Waals surface area contributed by atoms with E-state index in [1.54, 1.807) is 0 Å². The molecule has 1 aromatic rings. The van der Waals surface area contributed by atoms with Gasteiger partial charge in [0.1, 0.15) is 11.5 Å². The molecule has 1 rings (SSSR count). The molecule has 1 aromatic heterocycles. The first-order valence-corrected chi connectivity index (χ1v) is 4.08. The number of nitrogens with two attached hydrogens (primary N) is 1. The Kier molecular flexibility index (Phi) is 2.89. The molecule has 3 heteroatoms. The van der Waals surface area contributed by atoms with Gasteiger partial charge in [0.15, 0.2) is 0 Å². The molecule has 0 aliphatic heterocycles. The van der Waals surface area contributed by atoms with Crippen molar-refractivity contribution in [1.82, 2.24) is 4.90 Å². The average Bonchev–Trinajstić information content (AvgIpc) is 2.37. The van der Waals surface area contributed by atoms with Gasteiger partial charge in [-0.25, -0.2) is 0 Å². The Morgan fingerprint density at radius 3 is 2.50 bits per heavy atom. The highest BCUT2D eigenvalue weighted by Crippen LogP contribution is 2.18. The highest BCUT2D eigenvalue weighted by molar-refractivity contribution is 5.09. The van der Waals surface area contributed by atoms with Crippen LogP contribution in [0.3, 0.4) is 0 Å². The van der Waals surface area contributed by atoms with E-state index in [1.807, 2.05) is 33.2 Å². The van der Waals surface area contributed by atoms with Gasteiger partial charge in [-0.2, -0.15) is 0 Å². The molecule has 0 saturated carbocycles. The SMILES string of the molecule is Cc1ccc([C@H](CN)N(C)C)o1. The summed E-state index contributed by atoms with van der Waals surface area (Å²) >= 11 is 0. The fourth-order valence-corrected chi connectivity index (χ4v) is 1.21. The molecule has 0 aliphatic carbocycles. The van der Waals surface area contributed by atoms with Gasteiger partial charge in [-0.05, 0) is 33.2 Å². The van der Waals surface area contributed by atoms with Crippen molar-refractivity contribution in [1.29, 1.82) is 0 Å². The van der Waals surface area contributed by atoms with E-state index in [9.17, 15) is 0 Å². The third kappa shape index (κ3) is 1.87. The van der Waals surface area contributed by atoms with E-state index in [0.717, 1.165) is 11.5 Å². The molecule has 0 spiro atoms. The zero-order valence-corrected chi connectivity index (χ0v) is 7.87. The Morgan fingerprint density at radius 2 is 2.17 bits per heavy atom. The minimum Gasteiger partial charge on any atom is -0.465 e. The molecule has 1 atom stereocenters. The number of furan rings is 1. The van der Waals surface area contributed by atoms with E-state index in [0.29, 0.717) is 6.54 Å². The molecule has 0 aliphatic rings. The predicted octanol–water partition coefficient (Wildman–Crippen LogP) is 1.15. The van der Waals surface area contributed by atoms with E-state index < -0.39 is 0 Å². The maximum absolute atomic E-state index is 5.61. The number of likely N-dealkylation sites (N-methyl/N-ethyl adjacent to an activating group) is 1. The summed E-state index contributed by atoms with van der Waals surface area (Å²) in [6.07, 6.45) is 0. The van der Waals surface area contributed by atoms with Gasteiger partial charge in [0.25, 0.3) is 0 Å². The molecular weight excluding hydrogens is 152 g/mol. The molecule has 0 amide bonds. The van der Waals surface area contributed by atoms with E-state index in [-0.39, 0.29) is 6.04 Å². The molecule has 0 radical (unpaired) electrons. The summed E-state index contributed by atoms with van der Waals surface area (Å²) in [5, 5.41) is 0. The van der Waals surface area contributed by atoms with Crippen molar-refractivity contribution in [2.75, 3.05) is 20.6 Å². The van der Waals surface area contributed by atoms with Crippen LogP contribution in [0.5, 0.6) is 0 Å². The van der Waals surface area contributed by atoms with Crippen molar-refractivity contribution in [3.05, 3.63) is 23.7 Å². The summed E-state index contributed by atoms with van der Waals surface area (Å²) in [7, 11) is 3.99. The maximum atomic E-state index is 5.61. The van der Waals surface area contributed by atoms with Gasteiger partial charge in [0.05, 0.1) is 6.04 Å². The molecule has 2 N–H and O–H groups in total. The summed E-state index contributed by atoms with van der Waals surface area (Å²) in [5.74, 6) is 1.88. The molecule has 0 fully saturated rings. The Labute approximate surface area is 73.2 Å². The van der Waals surface area contributed by atoms with Crippen LogP contribution in [0.1, 0.15) is 17.6 Å². The first-order chi connectivity index (χ1) is 5.65. The van der Waals surface area contributed by atoms with Crippen LogP contribution in [0.4, 0.5) is 0 Å². The summed E-state index contributed by atoms with van der Waals surface area (Å²) in [6.45, 7) is 2.52. The van der Waals surface area contributed by atoms with Gasteiger partial charge in [-0.3, -0.25) is 4.90 Å². The first kappa shape index (κ1) is 9.29. The number of nitrogens with zero attached hydrogens (tertiary/aromatic N) is 1. The second-order valence-corrected chi connectivity index (χ2v) is 3.16. The largest absolute Gasteiger partial charge is 0.465 e. The monoisotopic (exact) mass is 168 g/mol. The number of rotatable bonds is 3. The quantitative estimate of drug-likeness (QED) is 0.736. The third-order valence-corrected chi connectivity index (χ3v) is 1.94. The first-order valence-electron chi connectivity index (χ1n) is 4.08. The molecule has 0 unspecified atom stereocenters. The van der Waals surface area contributed by atoms with E-state index in [1.165, 1.54) is 0 Å². The van der Waals surface area contributed by atoms with Crippen molar-refractivity contribution in [2.24, 2.45) is 5.73 Å². The van der Waals surface area contributed by atoms with Crippen LogP contribution in [0.2, 0.25) is 0 Å². The van der Waals surface area contributed by atoms with E-state index in [2.05, 4.69) is 4.90 Å². The molecule has 1 heterocycles. The molecular formula is C9H16N2O. The zero-order valence-electron chi connectivity index (χ0n) is 7.87. The van der Waals surface area contributed by atoms with Crippen LogP contribution >= 0.6 is 0 Å². The fourth-order valence-electron chi connectivity index (χ4n) is 1.21. The number of aryl methyl sites for hydroxylation is 1. The van der Waals surface area contributed by atoms with E-state index in [4.69, 9.17) is 10.2 Å². The average molecular weight is 168 g/mol. The van der Waals surface area contributed by atoms with Gasteiger partial charge in [0.2, 0.25) is 0 Å². The molecule has 3 nitrogen and oxygen atoms in total. The second kappa shape index (κ2) is 3.74. The smallest absolute Gasteiger partial charge is 0.122 e.